The van der Waals surface area contributed by atoms with E-state index in [2.05, 4.69) is 25.2 Å². The van der Waals surface area contributed by atoms with E-state index in [0.717, 1.165) is 28.0 Å². The maximum absolute atomic E-state index is 12.9. The predicted octanol–water partition coefficient (Wildman–Crippen LogP) is -15.1. The molecular formula is C18H30N8Na2O14S3. The number of carboxylic acid groups (broad SMARTS) is 1. The van der Waals surface area contributed by atoms with Crippen LogP contribution in [-0.4, -0.2) is 116 Å². The van der Waals surface area contributed by atoms with Gasteiger partial charge in [0.15, 0.2) is 16.3 Å². The summed E-state index contributed by atoms with van der Waals surface area (Å²) in [6.45, 7) is 0. The first-order valence-electron chi connectivity index (χ1n) is 9.88. The van der Waals surface area contributed by atoms with Gasteiger partial charge in [-0.05, 0) is 5.57 Å². The van der Waals surface area contributed by atoms with Crippen molar-refractivity contribution in [2.24, 2.45) is 17.2 Å². The summed E-state index contributed by atoms with van der Waals surface area (Å²) in [5.41, 5.74) is 3.64. The van der Waals surface area contributed by atoms with Gasteiger partial charge in [0.1, 0.15) is 23.9 Å². The number of amides is 1. The third-order valence-corrected chi connectivity index (χ3v) is 8.06. The number of anilines is 1. The number of thiazole rings is 1. The number of aromatic amines is 1. The van der Waals surface area contributed by atoms with Crippen molar-refractivity contribution in [2.75, 3.05) is 24.3 Å². The second kappa shape index (κ2) is 23.4. The number of nitrogens with zero attached hydrogens (tertiary/aromatic N) is 6. The number of hydrogen-bond acceptors (Lipinski definition) is 15. The van der Waals surface area contributed by atoms with Gasteiger partial charge in [-0.1, -0.05) is 16.9 Å². The van der Waals surface area contributed by atoms with E-state index in [1.165, 1.54) is 36.0 Å². The fourth-order valence-corrected chi connectivity index (χ4v) is 6.29. The van der Waals surface area contributed by atoms with Gasteiger partial charge in [-0.15, -0.1) is 23.1 Å². The molecule has 0 aromatic carbocycles. The molecule has 0 radical (unpaired) electrons. The van der Waals surface area contributed by atoms with Gasteiger partial charge in [0.2, 0.25) is 0 Å². The van der Waals surface area contributed by atoms with Crippen LogP contribution in [0, 0.1) is 0 Å². The number of H-pyrrole nitrogens is 1. The molecule has 45 heavy (non-hydrogen) atoms. The topological polar surface area (TPSA) is 445 Å². The van der Waals surface area contributed by atoms with Crippen molar-refractivity contribution in [3.05, 3.63) is 43.1 Å². The molecule has 4 rings (SSSR count). The van der Waals surface area contributed by atoms with Gasteiger partial charge < -0.3 is 63.9 Å². The Bertz CT molecular complexity index is 1470. The fourth-order valence-electron chi connectivity index (χ4n) is 3.36. The molecule has 0 unspecified atom stereocenters. The largest absolute Gasteiger partial charge is 1.00 e. The van der Waals surface area contributed by atoms with Crippen LogP contribution in [0.1, 0.15) is 5.69 Å². The number of aliphatic carboxylic acids is 1. The zero-order valence-electron chi connectivity index (χ0n) is 24.0. The molecule has 4 heterocycles. The van der Waals surface area contributed by atoms with Crippen molar-refractivity contribution in [1.82, 2.24) is 24.6 Å². The average molecular weight is 725 g/mol. The summed E-state index contributed by atoms with van der Waals surface area (Å²) in [6.07, 6.45) is 0. The number of carboxylic acids is 1. The molecule has 1 saturated heterocycles. The van der Waals surface area contributed by atoms with E-state index in [0.29, 0.717) is 5.57 Å². The minimum absolute atomic E-state index is 0. The average Bonchev–Trinajstić information content (AvgIpc) is 3.27. The Morgan fingerprint density at radius 1 is 1.13 bits per heavy atom. The summed E-state index contributed by atoms with van der Waals surface area (Å²) in [4.78, 5) is 65.0. The standard InChI is InChI=1S/C18H18N8O7S3.2Na.7H2O/c1-25-18(22-12(28)13(29)23-25)36-4-6-3-34-15-9(14(30)26(15)10(6)16(31)32)21-11(27)8(24-33-2)7-5-35-17(19)20-7;;;;;;;;;/h5,9,15H,3-4H2,1-2H3,(H2,19,20)(H,21,27)(H,23,29)(H,31,32);;;7*1H2/q;2*+1;;;;;;;/p-2/b24-8-;;;;;;;;;/t9-,15-;;;;;;;;;/m1........./s1. The summed E-state index contributed by atoms with van der Waals surface area (Å²) < 4.78 is 1.23. The van der Waals surface area contributed by atoms with E-state index in [-0.39, 0.29) is 136 Å². The number of nitrogen functional groups attached to an aromatic ring is 1. The predicted molar refractivity (Wildman–Crippen MR) is 153 cm³/mol. The summed E-state index contributed by atoms with van der Waals surface area (Å²) >= 11 is 3.29. The molecule has 246 valence electrons. The molecule has 2 aliphatic heterocycles. The number of aryl methyl sites for hydroxylation is 1. The van der Waals surface area contributed by atoms with E-state index in [4.69, 9.17) is 10.6 Å². The number of nitrogens with one attached hydrogen (secondary N) is 1. The molecular weight excluding hydrogens is 694 g/mol. The smallest absolute Gasteiger partial charge is 0.857 e. The van der Waals surface area contributed by atoms with E-state index >= 15 is 0 Å². The molecule has 2 aromatic rings. The number of thioether (sulfide) groups is 2. The van der Waals surface area contributed by atoms with Crippen molar-refractivity contribution in [1.29, 1.82) is 0 Å². The van der Waals surface area contributed by atoms with E-state index in [1.54, 1.807) is 0 Å². The van der Waals surface area contributed by atoms with Gasteiger partial charge in [0.05, 0.1) is 11.7 Å². The Balaban J connectivity index is -0.000000422. The number of aliphatic imine (C=N–C) groups is 1. The van der Waals surface area contributed by atoms with Gasteiger partial charge in [0, 0.05) is 29.8 Å². The van der Waals surface area contributed by atoms with Crippen molar-refractivity contribution in [3.8, 4) is 0 Å². The quantitative estimate of drug-likeness (QED) is 0.0487. The zero-order chi connectivity index (χ0) is 26.1. The number of β-lactam (4-membered cyclic amide) rings is 1. The summed E-state index contributed by atoms with van der Waals surface area (Å²) in [5.74, 6) is -2.91. The maximum Gasteiger partial charge on any atom is 1.00 e. The van der Waals surface area contributed by atoms with Crippen LogP contribution in [0.3, 0.4) is 0 Å². The number of rotatable bonds is 8. The van der Waals surface area contributed by atoms with E-state index in [1.807, 2.05) is 0 Å². The van der Waals surface area contributed by atoms with E-state index < -0.39 is 40.3 Å². The van der Waals surface area contributed by atoms with Crippen LogP contribution < -0.4 is 86.2 Å². The molecule has 22 nitrogen and oxygen atoms in total. The Hall–Kier alpha value is -1.92. The van der Waals surface area contributed by atoms with Crippen LogP contribution in [0.15, 0.2) is 41.5 Å². The van der Waals surface area contributed by atoms with Crippen molar-refractivity contribution in [3.63, 3.8) is 0 Å². The van der Waals surface area contributed by atoms with Crippen LogP contribution in [0.4, 0.5) is 5.13 Å². The van der Waals surface area contributed by atoms with Crippen LogP contribution in [0.5, 0.6) is 0 Å². The molecule has 17 N–H and O–H groups in total. The van der Waals surface area contributed by atoms with Crippen molar-refractivity contribution >= 4 is 63.5 Å². The number of carbonyl (C=O) groups is 2. The number of hydrogen-bond donors (Lipinski definition) is 2. The Kier molecular flexibility index (Phi) is 28.9. The van der Waals surface area contributed by atoms with Crippen LogP contribution in [0.2, 0.25) is 0 Å². The third kappa shape index (κ3) is 11.7. The van der Waals surface area contributed by atoms with Crippen LogP contribution >= 0.6 is 34.9 Å². The number of aromatic nitrogens is 4. The zero-order valence-corrected chi connectivity index (χ0v) is 30.4. The minimum atomic E-state index is -1.57. The number of fused-ring (bicyclic) bond motifs is 1. The van der Waals surface area contributed by atoms with E-state index in [9.17, 15) is 29.4 Å². The third-order valence-electron chi connectivity index (χ3n) is 4.94. The maximum atomic E-state index is 12.9. The first-order chi connectivity index (χ1) is 17.1. The first kappa shape index (κ1) is 55.5. The van der Waals surface area contributed by atoms with Crippen LogP contribution in [-0.2, 0) is 21.5 Å². The summed E-state index contributed by atoms with van der Waals surface area (Å²) in [7, 11) is 2.70. The van der Waals surface area contributed by atoms with Crippen LogP contribution in [0.25, 0.3) is 0 Å². The molecule has 0 saturated carbocycles. The Labute approximate surface area is 308 Å². The molecule has 0 spiro atoms. The Morgan fingerprint density at radius 2 is 1.73 bits per heavy atom. The molecule has 2 aliphatic rings. The number of nitrogens with two attached hydrogens (primary N) is 1. The Morgan fingerprint density at radius 3 is 2.24 bits per heavy atom. The second-order valence-electron chi connectivity index (χ2n) is 7.21. The number of carbonyl (C=O) groups excluding carboxylic acids is 2. The summed E-state index contributed by atoms with van der Waals surface area (Å²) in [5, 5.41) is 31.7. The van der Waals surface area contributed by atoms with Gasteiger partial charge >= 0.3 is 70.2 Å². The number of oxime groups is 1. The van der Waals surface area contributed by atoms with Crippen molar-refractivity contribution < 1.29 is 122 Å². The fraction of sp³-hybridized carbons (Fsp3) is 0.333. The molecule has 1 fully saturated rings. The first-order valence-corrected chi connectivity index (χ1v) is 12.8. The summed E-state index contributed by atoms with van der Waals surface area (Å²) in [6, 6.07) is -1.15. The normalized spacial score (nSPS) is 16.2. The molecule has 0 aliphatic carbocycles. The van der Waals surface area contributed by atoms with Gasteiger partial charge in [0.25, 0.3) is 5.91 Å². The minimum Gasteiger partial charge on any atom is -0.857 e. The van der Waals surface area contributed by atoms with Gasteiger partial charge in [-0.25, -0.2) is 4.98 Å². The molecule has 2 aromatic heterocycles. The SMILES string of the molecule is CO/N=C(\C([O-])=N[C@@H]1C(=O)N2C(C(=O)[O-])=C(CSc3nc(=O)c(=O)[nH]n3C)CS[C@H]12)c1csc(N)n1.O.O.O.O.O.O.O.[Na+].[Na+]. The monoisotopic (exact) mass is 724 g/mol. The molecule has 27 heteroatoms. The molecule has 0 bridgehead atoms. The van der Waals surface area contributed by atoms with Crippen molar-refractivity contribution in [2.45, 2.75) is 16.6 Å². The van der Waals surface area contributed by atoms with Gasteiger partial charge in [-0.3, -0.25) is 34.1 Å². The molecule has 1 amide bonds. The molecule has 2 atom stereocenters. The second-order valence-corrected chi connectivity index (χ2v) is 10.1. The van der Waals surface area contributed by atoms with Gasteiger partial charge in [-0.2, -0.15) is 4.98 Å².